The molecule has 1 aliphatic rings. The summed E-state index contributed by atoms with van der Waals surface area (Å²) in [7, 11) is 0. The highest BCUT2D eigenvalue weighted by molar-refractivity contribution is 9.09. The van der Waals surface area contributed by atoms with Crippen LogP contribution in [0.3, 0.4) is 0 Å². The van der Waals surface area contributed by atoms with Crippen LogP contribution in [-0.2, 0) is 6.54 Å². The van der Waals surface area contributed by atoms with Crippen LogP contribution >= 0.6 is 15.9 Å². The van der Waals surface area contributed by atoms with Crippen molar-refractivity contribution in [2.45, 2.75) is 32.7 Å². The van der Waals surface area contributed by atoms with E-state index in [-0.39, 0.29) is 0 Å². The van der Waals surface area contributed by atoms with Crippen LogP contribution in [0.2, 0.25) is 0 Å². The molecule has 2 rings (SSSR count). The first-order valence-electron chi connectivity index (χ1n) is 6.47. The molecule has 0 bridgehead atoms. The number of nitrogens with zero attached hydrogens (tertiary/aromatic N) is 2. The van der Waals surface area contributed by atoms with Crippen LogP contribution in [0, 0.1) is 12.8 Å². The standard InChI is InChI=1S/C14H21BrN2/c1-12-7-14(9-16-8-12)11-17-6-2-3-13(10-17)4-5-15/h7-9,13H,2-6,10-11H2,1H3. The van der Waals surface area contributed by atoms with E-state index in [0.29, 0.717) is 0 Å². The summed E-state index contributed by atoms with van der Waals surface area (Å²) >= 11 is 3.55. The van der Waals surface area contributed by atoms with Gasteiger partial charge in [0, 0.05) is 30.8 Å². The van der Waals surface area contributed by atoms with Gasteiger partial charge in [0.05, 0.1) is 0 Å². The molecule has 2 nitrogen and oxygen atoms in total. The summed E-state index contributed by atoms with van der Waals surface area (Å²) in [6, 6.07) is 2.25. The van der Waals surface area contributed by atoms with E-state index in [9.17, 15) is 0 Å². The van der Waals surface area contributed by atoms with E-state index in [0.717, 1.165) is 17.8 Å². The van der Waals surface area contributed by atoms with Gasteiger partial charge in [0.25, 0.3) is 0 Å². The number of rotatable bonds is 4. The molecule has 1 fully saturated rings. The Balaban J connectivity index is 1.90. The Labute approximate surface area is 113 Å². The van der Waals surface area contributed by atoms with Crippen molar-refractivity contribution in [3.05, 3.63) is 29.6 Å². The molecule has 3 heteroatoms. The Morgan fingerprint density at radius 1 is 1.47 bits per heavy atom. The molecule has 0 aromatic carbocycles. The molecular formula is C14H21BrN2. The van der Waals surface area contributed by atoms with Crippen LogP contribution in [0.15, 0.2) is 18.5 Å². The third-order valence-electron chi connectivity index (χ3n) is 3.46. The zero-order valence-electron chi connectivity index (χ0n) is 10.5. The van der Waals surface area contributed by atoms with Crippen LogP contribution < -0.4 is 0 Å². The third-order valence-corrected chi connectivity index (χ3v) is 3.92. The molecule has 0 amide bonds. The van der Waals surface area contributed by atoms with Gasteiger partial charge in [0.2, 0.25) is 0 Å². The summed E-state index contributed by atoms with van der Waals surface area (Å²) in [5, 5.41) is 1.14. The lowest BCUT2D eigenvalue weighted by atomic mass is 9.95. The van der Waals surface area contributed by atoms with E-state index in [1.165, 1.54) is 43.5 Å². The van der Waals surface area contributed by atoms with Crippen LogP contribution in [0.25, 0.3) is 0 Å². The van der Waals surface area contributed by atoms with Gasteiger partial charge in [-0.2, -0.15) is 0 Å². The molecule has 0 saturated carbocycles. The van der Waals surface area contributed by atoms with Crippen molar-refractivity contribution in [2.75, 3.05) is 18.4 Å². The predicted molar refractivity (Wildman–Crippen MR) is 75.4 cm³/mol. The average molecular weight is 297 g/mol. The van der Waals surface area contributed by atoms with Gasteiger partial charge in [-0.1, -0.05) is 22.0 Å². The first-order valence-corrected chi connectivity index (χ1v) is 7.59. The van der Waals surface area contributed by atoms with Gasteiger partial charge < -0.3 is 0 Å². The van der Waals surface area contributed by atoms with Crippen molar-refractivity contribution in [1.82, 2.24) is 9.88 Å². The van der Waals surface area contributed by atoms with Gasteiger partial charge >= 0.3 is 0 Å². The normalized spacial score (nSPS) is 21.6. The van der Waals surface area contributed by atoms with Gasteiger partial charge in [0.1, 0.15) is 0 Å². The molecule has 0 N–H and O–H groups in total. The summed E-state index contributed by atoms with van der Waals surface area (Å²) in [4.78, 5) is 6.85. The Kier molecular flexibility index (Phi) is 4.99. The molecule has 2 heterocycles. The Bertz CT molecular complexity index is 352. The van der Waals surface area contributed by atoms with E-state index in [1.54, 1.807) is 0 Å². The highest BCUT2D eigenvalue weighted by atomic mass is 79.9. The van der Waals surface area contributed by atoms with Gasteiger partial charge in [-0.25, -0.2) is 0 Å². The Morgan fingerprint density at radius 2 is 2.35 bits per heavy atom. The molecule has 94 valence electrons. The van der Waals surface area contributed by atoms with Gasteiger partial charge in [0.15, 0.2) is 0 Å². The van der Waals surface area contributed by atoms with Crippen molar-refractivity contribution in [3.8, 4) is 0 Å². The molecule has 17 heavy (non-hydrogen) atoms. The summed E-state index contributed by atoms with van der Waals surface area (Å²) in [6.45, 7) is 5.67. The number of hydrogen-bond acceptors (Lipinski definition) is 2. The van der Waals surface area contributed by atoms with Crippen molar-refractivity contribution >= 4 is 15.9 Å². The second kappa shape index (κ2) is 6.50. The number of aryl methyl sites for hydroxylation is 1. The van der Waals surface area contributed by atoms with Crippen LogP contribution in [0.4, 0.5) is 0 Å². The summed E-state index contributed by atoms with van der Waals surface area (Å²) in [6.07, 6.45) is 7.97. The number of hydrogen-bond donors (Lipinski definition) is 0. The lowest BCUT2D eigenvalue weighted by molar-refractivity contribution is 0.165. The van der Waals surface area contributed by atoms with E-state index >= 15 is 0 Å². The van der Waals surface area contributed by atoms with E-state index in [2.05, 4.69) is 38.8 Å². The maximum absolute atomic E-state index is 4.27. The number of halogens is 1. The second-order valence-corrected chi connectivity index (χ2v) is 5.88. The van der Waals surface area contributed by atoms with Crippen molar-refractivity contribution < 1.29 is 0 Å². The van der Waals surface area contributed by atoms with Crippen LogP contribution in [0.5, 0.6) is 0 Å². The highest BCUT2D eigenvalue weighted by Crippen LogP contribution is 2.21. The Morgan fingerprint density at radius 3 is 3.12 bits per heavy atom. The number of likely N-dealkylation sites (tertiary alicyclic amines) is 1. The number of pyridine rings is 1. The molecule has 0 radical (unpaired) electrons. The average Bonchev–Trinajstić information content (AvgIpc) is 2.30. The van der Waals surface area contributed by atoms with Crippen molar-refractivity contribution in [1.29, 1.82) is 0 Å². The lowest BCUT2D eigenvalue weighted by Crippen LogP contribution is -2.35. The maximum Gasteiger partial charge on any atom is 0.0313 e. The van der Waals surface area contributed by atoms with Gasteiger partial charge in [-0.15, -0.1) is 0 Å². The van der Waals surface area contributed by atoms with Gasteiger partial charge in [-0.05, 0) is 49.8 Å². The first-order chi connectivity index (χ1) is 8.28. The monoisotopic (exact) mass is 296 g/mol. The molecule has 0 spiro atoms. The largest absolute Gasteiger partial charge is 0.299 e. The molecule has 1 aliphatic heterocycles. The zero-order valence-corrected chi connectivity index (χ0v) is 12.1. The molecule has 0 aliphatic carbocycles. The molecule has 1 unspecified atom stereocenters. The summed E-state index contributed by atoms with van der Waals surface area (Å²) in [5.41, 5.74) is 2.61. The van der Waals surface area contributed by atoms with Gasteiger partial charge in [-0.3, -0.25) is 9.88 Å². The quantitative estimate of drug-likeness (QED) is 0.792. The first kappa shape index (κ1) is 13.0. The smallest absolute Gasteiger partial charge is 0.0313 e. The van der Waals surface area contributed by atoms with Crippen molar-refractivity contribution in [2.24, 2.45) is 5.92 Å². The molecule has 1 aromatic heterocycles. The third kappa shape index (κ3) is 4.07. The number of alkyl halides is 1. The van der Waals surface area contributed by atoms with Crippen LogP contribution in [0.1, 0.15) is 30.4 Å². The predicted octanol–water partition coefficient (Wildman–Crippen LogP) is 3.39. The van der Waals surface area contributed by atoms with E-state index < -0.39 is 0 Å². The Hall–Kier alpha value is -0.410. The molecule has 1 atom stereocenters. The number of piperidine rings is 1. The second-order valence-electron chi connectivity index (χ2n) is 5.09. The van der Waals surface area contributed by atoms with E-state index in [4.69, 9.17) is 0 Å². The van der Waals surface area contributed by atoms with Crippen molar-refractivity contribution in [3.63, 3.8) is 0 Å². The maximum atomic E-state index is 4.27. The fourth-order valence-corrected chi connectivity index (χ4v) is 3.29. The summed E-state index contributed by atoms with van der Waals surface area (Å²) in [5.74, 6) is 0.876. The SMILES string of the molecule is Cc1cncc(CN2CCCC(CCBr)C2)c1. The van der Waals surface area contributed by atoms with Crippen LogP contribution in [-0.4, -0.2) is 28.3 Å². The topological polar surface area (TPSA) is 16.1 Å². The minimum Gasteiger partial charge on any atom is -0.299 e. The fraction of sp³-hybridized carbons (Fsp3) is 0.643. The van der Waals surface area contributed by atoms with E-state index in [1.807, 2.05) is 12.4 Å². The molecular weight excluding hydrogens is 276 g/mol. The minimum atomic E-state index is 0.876. The molecule has 1 aromatic rings. The zero-order chi connectivity index (χ0) is 12.1. The highest BCUT2D eigenvalue weighted by Gasteiger charge is 2.19. The lowest BCUT2D eigenvalue weighted by Gasteiger charge is -2.32. The summed E-state index contributed by atoms with van der Waals surface area (Å²) < 4.78 is 0. The fourth-order valence-electron chi connectivity index (χ4n) is 2.65. The minimum absolute atomic E-state index is 0.876. The molecule has 1 saturated heterocycles. The number of aromatic nitrogens is 1.